The summed E-state index contributed by atoms with van der Waals surface area (Å²) in [7, 11) is 1.45. The monoisotopic (exact) mass is 324 g/mol. The van der Waals surface area contributed by atoms with Gasteiger partial charge in [0, 0.05) is 13.6 Å². The number of nitrogens with one attached hydrogen (secondary N) is 1. The molecule has 2 amide bonds. The van der Waals surface area contributed by atoms with Crippen LogP contribution in [0.5, 0.6) is 0 Å². The molecule has 0 radical (unpaired) electrons. The molecule has 0 fully saturated rings. The lowest BCUT2D eigenvalue weighted by Gasteiger charge is -2.24. The van der Waals surface area contributed by atoms with Crippen LogP contribution in [0.3, 0.4) is 0 Å². The van der Waals surface area contributed by atoms with Gasteiger partial charge in [0.2, 0.25) is 0 Å². The number of amides is 2. The number of alkyl carbamates (subject to hydrolysis) is 1. The second-order valence-electron chi connectivity index (χ2n) is 5.80. The largest absolute Gasteiger partial charge is 0.445 e. The number of rotatable bonds is 6. The minimum absolute atomic E-state index is 0.121. The van der Waals surface area contributed by atoms with Crippen molar-refractivity contribution < 1.29 is 23.9 Å². The first-order chi connectivity index (χ1) is 10.8. The third-order valence-corrected chi connectivity index (χ3v) is 2.52. The lowest BCUT2D eigenvalue weighted by atomic mass is 10.2. The number of hydroxylamine groups is 2. The molecule has 0 aliphatic heterocycles. The van der Waals surface area contributed by atoms with E-state index < -0.39 is 17.8 Å². The van der Waals surface area contributed by atoms with Crippen LogP contribution in [-0.4, -0.2) is 43.1 Å². The van der Waals surface area contributed by atoms with Gasteiger partial charge in [-0.25, -0.2) is 9.59 Å². The molecule has 0 aromatic heterocycles. The molecule has 7 heteroatoms. The van der Waals surface area contributed by atoms with Gasteiger partial charge in [-0.05, 0) is 26.3 Å². The molecule has 0 bridgehead atoms. The van der Waals surface area contributed by atoms with Gasteiger partial charge in [0.05, 0.1) is 6.61 Å². The zero-order chi connectivity index (χ0) is 17.3. The molecule has 0 aliphatic rings. The molecular formula is C16H24N2O5. The van der Waals surface area contributed by atoms with Crippen molar-refractivity contribution >= 4 is 12.2 Å². The second-order valence-corrected chi connectivity index (χ2v) is 5.80. The molecule has 23 heavy (non-hydrogen) atoms. The highest BCUT2D eigenvalue weighted by Crippen LogP contribution is 2.09. The van der Waals surface area contributed by atoms with Gasteiger partial charge in [-0.2, -0.15) is 5.06 Å². The highest BCUT2D eigenvalue weighted by molar-refractivity contribution is 5.67. The Morgan fingerprint density at radius 3 is 2.43 bits per heavy atom. The highest BCUT2D eigenvalue weighted by Gasteiger charge is 2.20. The third-order valence-electron chi connectivity index (χ3n) is 2.52. The van der Waals surface area contributed by atoms with Crippen molar-refractivity contribution in [1.29, 1.82) is 0 Å². The van der Waals surface area contributed by atoms with Gasteiger partial charge in [-0.3, -0.25) is 4.84 Å². The normalized spacial score (nSPS) is 10.8. The number of benzene rings is 1. The van der Waals surface area contributed by atoms with E-state index in [0.717, 1.165) is 10.6 Å². The van der Waals surface area contributed by atoms with Crippen LogP contribution in [0.4, 0.5) is 9.59 Å². The molecule has 0 saturated heterocycles. The summed E-state index contributed by atoms with van der Waals surface area (Å²) in [5, 5.41) is 3.52. The lowest BCUT2D eigenvalue weighted by Crippen LogP contribution is -2.36. The van der Waals surface area contributed by atoms with Crippen LogP contribution in [-0.2, 0) is 20.9 Å². The molecule has 1 aromatic rings. The molecule has 0 saturated carbocycles. The van der Waals surface area contributed by atoms with E-state index in [0.29, 0.717) is 0 Å². The molecule has 0 aliphatic carbocycles. The smallest absolute Gasteiger partial charge is 0.434 e. The zero-order valence-corrected chi connectivity index (χ0v) is 14.0. The number of ether oxygens (including phenoxy) is 2. The Morgan fingerprint density at radius 1 is 1.17 bits per heavy atom. The van der Waals surface area contributed by atoms with Crippen molar-refractivity contribution in [3.63, 3.8) is 0 Å². The van der Waals surface area contributed by atoms with Crippen LogP contribution in [0.2, 0.25) is 0 Å². The van der Waals surface area contributed by atoms with Gasteiger partial charge in [-0.15, -0.1) is 0 Å². The summed E-state index contributed by atoms with van der Waals surface area (Å²) in [5.74, 6) is 0. The van der Waals surface area contributed by atoms with Gasteiger partial charge >= 0.3 is 12.2 Å². The number of carbonyl (C=O) groups is 2. The van der Waals surface area contributed by atoms with Crippen molar-refractivity contribution in [3.05, 3.63) is 35.9 Å². The number of hydrogen-bond acceptors (Lipinski definition) is 5. The summed E-state index contributed by atoms with van der Waals surface area (Å²) in [6.45, 7) is 5.83. The molecule has 7 nitrogen and oxygen atoms in total. The van der Waals surface area contributed by atoms with Gasteiger partial charge in [-0.1, -0.05) is 30.3 Å². The average Bonchev–Trinajstić information content (AvgIpc) is 2.48. The summed E-state index contributed by atoms with van der Waals surface area (Å²) in [5.41, 5.74) is 0.317. The maximum atomic E-state index is 11.6. The Balaban J connectivity index is 2.14. The van der Waals surface area contributed by atoms with Crippen LogP contribution >= 0.6 is 0 Å². The zero-order valence-electron chi connectivity index (χ0n) is 14.0. The predicted octanol–water partition coefficient (Wildman–Crippen LogP) is 2.71. The maximum absolute atomic E-state index is 11.6. The van der Waals surface area contributed by atoms with Crippen molar-refractivity contribution in [2.45, 2.75) is 33.0 Å². The molecule has 0 unspecified atom stereocenters. The number of carbonyl (C=O) groups excluding carboxylic acids is 2. The fourth-order valence-corrected chi connectivity index (χ4v) is 1.49. The van der Waals surface area contributed by atoms with E-state index in [1.54, 1.807) is 20.8 Å². The third kappa shape index (κ3) is 8.67. The second kappa shape index (κ2) is 8.99. The standard InChI is InChI=1S/C16H24N2O5/c1-16(2,3)23-15(20)18(4)22-11-10-17-14(19)21-12-13-8-6-5-7-9-13/h5-9H,10-12H2,1-4H3,(H,17,19). The van der Waals surface area contributed by atoms with E-state index >= 15 is 0 Å². The molecule has 128 valence electrons. The molecule has 0 atom stereocenters. The van der Waals surface area contributed by atoms with Crippen LogP contribution in [0.25, 0.3) is 0 Å². The van der Waals surface area contributed by atoms with Crippen molar-refractivity contribution in [3.8, 4) is 0 Å². The van der Waals surface area contributed by atoms with Crippen molar-refractivity contribution in [2.24, 2.45) is 0 Å². The minimum Gasteiger partial charge on any atom is -0.445 e. The quantitative estimate of drug-likeness (QED) is 0.643. The highest BCUT2D eigenvalue weighted by atomic mass is 16.7. The van der Waals surface area contributed by atoms with Crippen LogP contribution < -0.4 is 5.32 Å². The van der Waals surface area contributed by atoms with E-state index in [1.807, 2.05) is 30.3 Å². The topological polar surface area (TPSA) is 77.1 Å². The molecular weight excluding hydrogens is 300 g/mol. The maximum Gasteiger partial charge on any atom is 0.434 e. The first kappa shape index (κ1) is 18.8. The Kier molecular flexibility index (Phi) is 7.34. The molecule has 1 aromatic carbocycles. The van der Waals surface area contributed by atoms with E-state index in [-0.39, 0.29) is 19.8 Å². The van der Waals surface area contributed by atoms with Crippen LogP contribution in [0, 0.1) is 0 Å². The first-order valence-corrected chi connectivity index (χ1v) is 7.32. The Labute approximate surface area is 136 Å². The summed E-state index contributed by atoms with van der Waals surface area (Å²) >= 11 is 0. The van der Waals surface area contributed by atoms with Gasteiger partial charge < -0.3 is 14.8 Å². The van der Waals surface area contributed by atoms with Crippen molar-refractivity contribution in [2.75, 3.05) is 20.2 Å². The molecule has 1 rings (SSSR count). The minimum atomic E-state index is -0.593. The molecule has 1 N–H and O–H groups in total. The van der Waals surface area contributed by atoms with Gasteiger partial charge in [0.15, 0.2) is 0 Å². The molecule has 0 heterocycles. The SMILES string of the molecule is CN(OCCNC(=O)OCc1ccccc1)C(=O)OC(C)(C)C. The predicted molar refractivity (Wildman–Crippen MR) is 84.6 cm³/mol. The summed E-state index contributed by atoms with van der Waals surface area (Å²) in [6.07, 6.45) is -1.14. The van der Waals surface area contributed by atoms with Crippen molar-refractivity contribution in [1.82, 2.24) is 10.4 Å². The Bertz CT molecular complexity index is 499. The fourth-order valence-electron chi connectivity index (χ4n) is 1.49. The van der Waals surface area contributed by atoms with E-state index in [1.165, 1.54) is 7.05 Å². The Morgan fingerprint density at radius 2 is 1.83 bits per heavy atom. The van der Waals surface area contributed by atoms with E-state index in [4.69, 9.17) is 14.3 Å². The number of hydrogen-bond donors (Lipinski definition) is 1. The average molecular weight is 324 g/mol. The van der Waals surface area contributed by atoms with Crippen LogP contribution in [0.15, 0.2) is 30.3 Å². The van der Waals surface area contributed by atoms with Gasteiger partial charge in [0.1, 0.15) is 12.2 Å². The number of nitrogens with zero attached hydrogens (tertiary/aromatic N) is 1. The van der Waals surface area contributed by atoms with E-state index in [2.05, 4.69) is 5.32 Å². The summed E-state index contributed by atoms with van der Waals surface area (Å²) in [6, 6.07) is 9.37. The Hall–Kier alpha value is -2.28. The van der Waals surface area contributed by atoms with Gasteiger partial charge in [0.25, 0.3) is 0 Å². The lowest BCUT2D eigenvalue weighted by molar-refractivity contribution is -0.129. The van der Waals surface area contributed by atoms with Crippen LogP contribution in [0.1, 0.15) is 26.3 Å². The summed E-state index contributed by atoms with van der Waals surface area (Å²) < 4.78 is 10.2. The first-order valence-electron chi connectivity index (χ1n) is 7.32. The van der Waals surface area contributed by atoms with E-state index in [9.17, 15) is 9.59 Å². The fraction of sp³-hybridized carbons (Fsp3) is 0.500. The summed E-state index contributed by atoms with van der Waals surface area (Å²) in [4.78, 5) is 28.3. The molecule has 0 spiro atoms.